The molecule has 3 aromatic rings. The third kappa shape index (κ3) is 3.70. The van der Waals surface area contributed by atoms with E-state index in [-0.39, 0.29) is 12.1 Å². The number of nitrogens with one attached hydrogen (secondary N) is 2. The van der Waals surface area contributed by atoms with Gasteiger partial charge in [0.15, 0.2) is 0 Å². The monoisotopic (exact) mass is 388 g/mol. The normalized spacial score (nSPS) is 17.2. The van der Waals surface area contributed by atoms with E-state index in [0.29, 0.717) is 6.54 Å². The second-order valence-electron chi connectivity index (χ2n) is 7.62. The highest BCUT2D eigenvalue weighted by Crippen LogP contribution is 2.30. The molecule has 2 aliphatic rings. The first kappa shape index (κ1) is 17.8. The smallest absolute Gasteiger partial charge is 0.315 e. The highest BCUT2D eigenvalue weighted by molar-refractivity contribution is 5.74. The minimum absolute atomic E-state index is 0.0136. The Labute approximate surface area is 169 Å². The first-order valence-electron chi connectivity index (χ1n) is 10.2. The van der Waals surface area contributed by atoms with Gasteiger partial charge in [0.25, 0.3) is 0 Å². The van der Waals surface area contributed by atoms with Crippen LogP contribution in [0.4, 0.5) is 4.79 Å². The number of carbonyl (C=O) groups excluding carboxylic acids is 1. The van der Waals surface area contributed by atoms with Crippen molar-refractivity contribution in [3.63, 3.8) is 0 Å². The van der Waals surface area contributed by atoms with E-state index < -0.39 is 0 Å². The molecule has 0 radical (unpaired) electrons. The minimum Gasteiger partial charge on any atom is -0.493 e. The maximum Gasteiger partial charge on any atom is 0.315 e. The summed E-state index contributed by atoms with van der Waals surface area (Å²) < 4.78 is 7.78. The Hall–Kier alpha value is -3.28. The first-order chi connectivity index (χ1) is 14.3. The fourth-order valence-electron chi connectivity index (χ4n) is 4.10. The summed E-state index contributed by atoms with van der Waals surface area (Å²) in [6.45, 7) is 2.20. The third-order valence-corrected chi connectivity index (χ3v) is 5.67. The van der Waals surface area contributed by atoms with E-state index in [1.807, 2.05) is 6.20 Å². The van der Waals surface area contributed by atoms with Crippen molar-refractivity contribution in [2.24, 2.45) is 0 Å². The summed E-state index contributed by atoms with van der Waals surface area (Å²) in [7, 11) is 0. The Bertz CT molecular complexity index is 1030. The second-order valence-corrected chi connectivity index (χ2v) is 7.62. The van der Waals surface area contributed by atoms with Crippen LogP contribution in [-0.4, -0.2) is 22.2 Å². The SMILES string of the molecule is O=C(NCc1ccc(-c2ccc3c(c2)CCCO3)cc1)NC1CCn2ccnc21. The van der Waals surface area contributed by atoms with Gasteiger partial charge >= 0.3 is 6.03 Å². The Kier molecular flexibility index (Phi) is 4.68. The Morgan fingerprint density at radius 2 is 2.03 bits per heavy atom. The quantitative estimate of drug-likeness (QED) is 0.714. The molecule has 0 bridgehead atoms. The zero-order chi connectivity index (χ0) is 19.6. The van der Waals surface area contributed by atoms with E-state index in [4.69, 9.17) is 4.74 Å². The van der Waals surface area contributed by atoms with Crippen LogP contribution in [0.25, 0.3) is 11.1 Å². The number of aromatic nitrogens is 2. The molecule has 29 heavy (non-hydrogen) atoms. The van der Waals surface area contributed by atoms with E-state index >= 15 is 0 Å². The molecule has 5 rings (SSSR count). The number of imidazole rings is 1. The zero-order valence-corrected chi connectivity index (χ0v) is 16.2. The summed E-state index contributed by atoms with van der Waals surface area (Å²) in [6, 6.07) is 14.6. The molecule has 3 heterocycles. The summed E-state index contributed by atoms with van der Waals surface area (Å²) in [4.78, 5) is 16.6. The minimum atomic E-state index is -0.162. The van der Waals surface area contributed by atoms with Gasteiger partial charge in [0, 0.05) is 25.5 Å². The van der Waals surface area contributed by atoms with Crippen LogP contribution >= 0.6 is 0 Å². The summed E-state index contributed by atoms with van der Waals surface area (Å²) in [5.74, 6) is 1.94. The number of benzene rings is 2. The third-order valence-electron chi connectivity index (χ3n) is 5.67. The van der Waals surface area contributed by atoms with Crippen LogP contribution in [0.2, 0.25) is 0 Å². The van der Waals surface area contributed by atoms with Crippen LogP contribution in [0.5, 0.6) is 5.75 Å². The lowest BCUT2D eigenvalue weighted by Crippen LogP contribution is -2.37. The number of fused-ring (bicyclic) bond motifs is 2. The van der Waals surface area contributed by atoms with Gasteiger partial charge in [0.05, 0.1) is 12.6 Å². The molecule has 0 fully saturated rings. The number of rotatable bonds is 4. The van der Waals surface area contributed by atoms with Crippen molar-refractivity contribution in [1.29, 1.82) is 0 Å². The number of nitrogens with zero attached hydrogens (tertiary/aromatic N) is 2. The maximum absolute atomic E-state index is 12.3. The summed E-state index contributed by atoms with van der Waals surface area (Å²) >= 11 is 0. The molecule has 2 N–H and O–H groups in total. The average molecular weight is 388 g/mol. The van der Waals surface area contributed by atoms with Crippen LogP contribution in [0.15, 0.2) is 54.9 Å². The van der Waals surface area contributed by atoms with Crippen LogP contribution < -0.4 is 15.4 Å². The predicted molar refractivity (Wildman–Crippen MR) is 111 cm³/mol. The van der Waals surface area contributed by atoms with Gasteiger partial charge in [-0.2, -0.15) is 0 Å². The van der Waals surface area contributed by atoms with Crippen LogP contribution in [0.1, 0.15) is 35.8 Å². The number of ether oxygens (including phenoxy) is 1. The van der Waals surface area contributed by atoms with Crippen molar-refractivity contribution in [2.45, 2.75) is 38.4 Å². The topological polar surface area (TPSA) is 68.2 Å². The standard InChI is InChI=1S/C23H24N4O2/c28-23(26-20-9-11-27-12-10-24-22(20)27)25-15-16-3-5-17(6-4-16)18-7-8-21-19(14-18)2-1-13-29-21/h3-8,10,12,14,20H,1-2,9,11,13,15H2,(H2,25,26,28). The van der Waals surface area contributed by atoms with Gasteiger partial charge in [0.1, 0.15) is 11.6 Å². The molecular weight excluding hydrogens is 364 g/mol. The Morgan fingerprint density at radius 3 is 2.93 bits per heavy atom. The lowest BCUT2D eigenvalue weighted by molar-refractivity contribution is 0.236. The van der Waals surface area contributed by atoms with Crippen molar-refractivity contribution in [3.05, 3.63) is 71.8 Å². The van der Waals surface area contributed by atoms with Gasteiger partial charge in [-0.3, -0.25) is 0 Å². The fourth-order valence-corrected chi connectivity index (χ4v) is 4.10. The highest BCUT2D eigenvalue weighted by atomic mass is 16.5. The van der Waals surface area contributed by atoms with Gasteiger partial charge in [-0.25, -0.2) is 9.78 Å². The molecule has 1 atom stereocenters. The highest BCUT2D eigenvalue weighted by Gasteiger charge is 2.24. The number of urea groups is 1. The molecule has 6 heteroatoms. The number of carbonyl (C=O) groups is 1. The summed E-state index contributed by atoms with van der Waals surface area (Å²) in [5, 5.41) is 5.96. The first-order valence-corrected chi connectivity index (χ1v) is 10.2. The number of amides is 2. The van der Waals surface area contributed by atoms with Crippen molar-refractivity contribution in [2.75, 3.05) is 6.61 Å². The molecule has 0 saturated carbocycles. The maximum atomic E-state index is 12.3. The van der Waals surface area contributed by atoms with Crippen LogP contribution in [0, 0.1) is 0 Å². The van der Waals surface area contributed by atoms with Gasteiger partial charge in [-0.1, -0.05) is 30.3 Å². The second kappa shape index (κ2) is 7.62. The molecule has 6 nitrogen and oxygen atoms in total. The van der Waals surface area contributed by atoms with E-state index in [9.17, 15) is 4.79 Å². The lowest BCUT2D eigenvalue weighted by Gasteiger charge is -2.18. The molecule has 0 spiro atoms. The van der Waals surface area contributed by atoms with Crippen LogP contribution in [-0.2, 0) is 19.5 Å². The molecule has 2 amide bonds. The van der Waals surface area contributed by atoms with Crippen LogP contribution in [0.3, 0.4) is 0 Å². The number of hydrogen-bond donors (Lipinski definition) is 2. The Balaban J connectivity index is 1.18. The number of aryl methyl sites for hydroxylation is 2. The predicted octanol–water partition coefficient (Wildman–Crippen LogP) is 3.82. The fraction of sp³-hybridized carbons (Fsp3) is 0.304. The summed E-state index contributed by atoms with van der Waals surface area (Å²) in [6.07, 6.45) is 6.76. The molecule has 1 unspecified atom stereocenters. The van der Waals surface area contributed by atoms with E-state index in [2.05, 4.69) is 62.6 Å². The van der Waals surface area contributed by atoms with Gasteiger partial charge < -0.3 is 19.9 Å². The van der Waals surface area contributed by atoms with E-state index in [0.717, 1.165) is 49.6 Å². The molecule has 0 saturated heterocycles. The van der Waals surface area contributed by atoms with Crippen molar-refractivity contribution >= 4 is 6.03 Å². The average Bonchev–Trinajstić information content (AvgIpc) is 3.37. The molecule has 148 valence electrons. The largest absolute Gasteiger partial charge is 0.493 e. The van der Waals surface area contributed by atoms with Gasteiger partial charge in [0.2, 0.25) is 0 Å². The molecule has 1 aromatic heterocycles. The van der Waals surface area contributed by atoms with Crippen molar-refractivity contribution in [3.8, 4) is 16.9 Å². The number of hydrogen-bond acceptors (Lipinski definition) is 3. The zero-order valence-electron chi connectivity index (χ0n) is 16.2. The van der Waals surface area contributed by atoms with Gasteiger partial charge in [-0.15, -0.1) is 0 Å². The van der Waals surface area contributed by atoms with Gasteiger partial charge in [-0.05, 0) is 53.6 Å². The molecule has 2 aromatic carbocycles. The Morgan fingerprint density at radius 1 is 1.17 bits per heavy atom. The molecule has 0 aliphatic carbocycles. The summed E-state index contributed by atoms with van der Waals surface area (Å²) in [5.41, 5.74) is 4.72. The molecular formula is C23H24N4O2. The van der Waals surface area contributed by atoms with Crippen molar-refractivity contribution < 1.29 is 9.53 Å². The molecule has 2 aliphatic heterocycles. The van der Waals surface area contributed by atoms with Crippen molar-refractivity contribution in [1.82, 2.24) is 20.2 Å². The van der Waals surface area contributed by atoms with E-state index in [1.54, 1.807) is 6.20 Å². The lowest BCUT2D eigenvalue weighted by atomic mass is 9.98. The van der Waals surface area contributed by atoms with E-state index in [1.165, 1.54) is 16.7 Å².